The van der Waals surface area contributed by atoms with Crippen LogP contribution in [-0.4, -0.2) is 35.5 Å². The Bertz CT molecular complexity index is 312. The van der Waals surface area contributed by atoms with Crippen molar-refractivity contribution in [2.45, 2.75) is 31.9 Å². The Kier molecular flexibility index (Phi) is 1.47. The third-order valence-electron chi connectivity index (χ3n) is 3.75. The van der Waals surface area contributed by atoms with Crippen molar-refractivity contribution in [2.24, 2.45) is 11.8 Å². The third kappa shape index (κ3) is 0.885. The lowest BCUT2D eigenvalue weighted by Gasteiger charge is -2.52. The summed E-state index contributed by atoms with van der Waals surface area (Å²) in [5, 5.41) is 0. The van der Waals surface area contributed by atoms with Crippen LogP contribution in [0.15, 0.2) is 0 Å². The number of ketones is 1. The number of nitrogens with zero attached hydrogens (tertiary/aromatic N) is 1. The first-order valence-corrected chi connectivity index (χ1v) is 5.17. The topological polar surface area (TPSA) is 46.6 Å². The van der Waals surface area contributed by atoms with Crippen molar-refractivity contribution in [1.82, 2.24) is 4.90 Å². The van der Waals surface area contributed by atoms with Crippen LogP contribution in [0.25, 0.3) is 0 Å². The first kappa shape index (κ1) is 8.26. The van der Waals surface area contributed by atoms with E-state index in [4.69, 9.17) is 4.74 Å². The van der Waals surface area contributed by atoms with Gasteiger partial charge < -0.3 is 4.74 Å². The van der Waals surface area contributed by atoms with Gasteiger partial charge in [0.25, 0.3) is 0 Å². The highest BCUT2D eigenvalue weighted by Gasteiger charge is 2.54. The highest BCUT2D eigenvalue weighted by atomic mass is 16.6. The zero-order chi connectivity index (χ0) is 9.87. The minimum Gasteiger partial charge on any atom is -0.446 e. The van der Waals surface area contributed by atoms with Gasteiger partial charge in [-0.1, -0.05) is 0 Å². The standard InChI is InChI=1S/C10H13NO3/c1-5-7-2-6-3-8(12)9(7)11(4-6)10(13)14-5/h5-7,9H,2-4H2,1H3/t5-,6-,7-,9-/m0/s1. The fourth-order valence-corrected chi connectivity index (χ4v) is 3.13. The molecule has 0 N–H and O–H groups in total. The lowest BCUT2D eigenvalue weighted by atomic mass is 9.69. The Morgan fingerprint density at radius 1 is 1.43 bits per heavy atom. The molecule has 0 aromatic rings. The summed E-state index contributed by atoms with van der Waals surface area (Å²) in [5.41, 5.74) is 0. The number of Topliss-reactive ketones (excluding diaryl/α,β-unsaturated/α-hetero) is 1. The molecule has 4 aliphatic rings. The highest BCUT2D eigenvalue weighted by molar-refractivity contribution is 5.90. The van der Waals surface area contributed by atoms with Crippen molar-refractivity contribution in [3.8, 4) is 0 Å². The Morgan fingerprint density at radius 3 is 2.93 bits per heavy atom. The van der Waals surface area contributed by atoms with Crippen LogP contribution in [0, 0.1) is 11.8 Å². The predicted octanol–water partition coefficient (Wildman–Crippen LogP) is 0.805. The molecule has 4 rings (SSSR count). The summed E-state index contributed by atoms with van der Waals surface area (Å²) in [4.78, 5) is 24.8. The van der Waals surface area contributed by atoms with Crippen LogP contribution in [0.2, 0.25) is 0 Å². The average molecular weight is 195 g/mol. The van der Waals surface area contributed by atoms with Crippen LogP contribution in [0.4, 0.5) is 4.79 Å². The second-order valence-electron chi connectivity index (χ2n) is 4.62. The number of ether oxygens (including phenoxy) is 1. The Hall–Kier alpha value is -1.06. The molecule has 0 radical (unpaired) electrons. The molecule has 14 heavy (non-hydrogen) atoms. The molecule has 1 amide bonds. The molecule has 0 aromatic carbocycles. The number of rotatable bonds is 0. The van der Waals surface area contributed by atoms with E-state index in [9.17, 15) is 9.59 Å². The number of fused-ring (bicyclic) bond motifs is 1. The van der Waals surface area contributed by atoms with E-state index < -0.39 is 0 Å². The number of amides is 1. The molecule has 3 aliphatic heterocycles. The predicted molar refractivity (Wildman–Crippen MR) is 47.7 cm³/mol. The molecule has 3 heterocycles. The average Bonchev–Trinajstić information content (AvgIpc) is 2.14. The van der Waals surface area contributed by atoms with Gasteiger partial charge in [-0.2, -0.15) is 0 Å². The highest BCUT2D eigenvalue weighted by Crippen LogP contribution is 2.42. The van der Waals surface area contributed by atoms with Gasteiger partial charge in [0.1, 0.15) is 12.1 Å². The smallest absolute Gasteiger partial charge is 0.410 e. The number of hydrogen-bond acceptors (Lipinski definition) is 3. The first-order chi connectivity index (χ1) is 6.66. The summed E-state index contributed by atoms with van der Waals surface area (Å²) in [6.07, 6.45) is 1.33. The molecule has 4 atom stereocenters. The molecule has 0 unspecified atom stereocenters. The number of carbonyl (C=O) groups excluding carboxylic acids is 2. The molecular weight excluding hydrogens is 182 g/mol. The van der Waals surface area contributed by atoms with Crippen molar-refractivity contribution < 1.29 is 14.3 Å². The number of cyclic esters (lactones) is 1. The van der Waals surface area contributed by atoms with Crippen molar-refractivity contribution in [3.63, 3.8) is 0 Å². The van der Waals surface area contributed by atoms with Gasteiger partial charge in [0.05, 0.1) is 0 Å². The lowest BCUT2D eigenvalue weighted by Crippen LogP contribution is -2.66. The maximum atomic E-state index is 11.7. The quantitative estimate of drug-likeness (QED) is 0.574. The van der Waals surface area contributed by atoms with Gasteiger partial charge in [-0.15, -0.1) is 0 Å². The van der Waals surface area contributed by atoms with Gasteiger partial charge in [0.15, 0.2) is 5.78 Å². The van der Waals surface area contributed by atoms with E-state index in [1.807, 2.05) is 6.92 Å². The van der Waals surface area contributed by atoms with Crippen LogP contribution >= 0.6 is 0 Å². The molecule has 76 valence electrons. The molecule has 4 heteroatoms. The van der Waals surface area contributed by atoms with Crippen LogP contribution in [0.1, 0.15) is 19.8 Å². The Labute approximate surface area is 82.2 Å². The molecule has 1 aliphatic carbocycles. The van der Waals surface area contributed by atoms with Gasteiger partial charge >= 0.3 is 6.09 Å². The second kappa shape index (κ2) is 2.49. The van der Waals surface area contributed by atoms with E-state index in [1.165, 1.54) is 0 Å². The van der Waals surface area contributed by atoms with Crippen LogP contribution in [-0.2, 0) is 9.53 Å². The van der Waals surface area contributed by atoms with E-state index in [-0.39, 0.29) is 29.9 Å². The molecule has 0 aromatic heterocycles. The van der Waals surface area contributed by atoms with Gasteiger partial charge in [0, 0.05) is 18.9 Å². The van der Waals surface area contributed by atoms with Crippen LogP contribution in [0.3, 0.4) is 0 Å². The van der Waals surface area contributed by atoms with Gasteiger partial charge in [-0.05, 0) is 19.3 Å². The largest absolute Gasteiger partial charge is 0.446 e. The van der Waals surface area contributed by atoms with E-state index in [1.54, 1.807) is 4.90 Å². The van der Waals surface area contributed by atoms with E-state index in [0.29, 0.717) is 12.3 Å². The summed E-state index contributed by atoms with van der Waals surface area (Å²) in [6, 6.07) is -0.170. The molecule has 3 saturated heterocycles. The van der Waals surface area contributed by atoms with Crippen molar-refractivity contribution in [3.05, 3.63) is 0 Å². The maximum Gasteiger partial charge on any atom is 0.410 e. The molecule has 4 fully saturated rings. The minimum absolute atomic E-state index is 0.0872. The molecule has 0 spiro atoms. The fourth-order valence-electron chi connectivity index (χ4n) is 3.13. The summed E-state index contributed by atoms with van der Waals surface area (Å²) in [5.74, 6) is 0.862. The van der Waals surface area contributed by atoms with Crippen molar-refractivity contribution in [1.29, 1.82) is 0 Å². The maximum absolute atomic E-state index is 11.7. The summed E-state index contributed by atoms with van der Waals surface area (Å²) >= 11 is 0. The molecule has 1 saturated carbocycles. The van der Waals surface area contributed by atoms with Gasteiger partial charge in [-0.3, -0.25) is 9.69 Å². The molecule has 4 bridgehead atoms. The monoisotopic (exact) mass is 195 g/mol. The Morgan fingerprint density at radius 2 is 2.21 bits per heavy atom. The first-order valence-electron chi connectivity index (χ1n) is 5.17. The Balaban J connectivity index is 2.01. The minimum atomic E-state index is -0.295. The van der Waals surface area contributed by atoms with E-state index >= 15 is 0 Å². The normalized spacial score (nSPS) is 45.4. The van der Waals surface area contributed by atoms with Crippen LogP contribution < -0.4 is 0 Å². The lowest BCUT2D eigenvalue weighted by molar-refractivity contribution is -0.149. The zero-order valence-corrected chi connectivity index (χ0v) is 8.10. The number of piperidine rings is 2. The summed E-state index contributed by atoms with van der Waals surface area (Å²) in [7, 11) is 0. The summed E-state index contributed by atoms with van der Waals surface area (Å²) < 4.78 is 5.19. The van der Waals surface area contributed by atoms with Gasteiger partial charge in [-0.25, -0.2) is 4.79 Å². The zero-order valence-electron chi connectivity index (χ0n) is 8.10. The van der Waals surface area contributed by atoms with Crippen molar-refractivity contribution in [2.75, 3.05) is 6.54 Å². The third-order valence-corrected chi connectivity index (χ3v) is 3.75. The molecular formula is C10H13NO3. The van der Waals surface area contributed by atoms with E-state index in [0.717, 1.165) is 13.0 Å². The van der Waals surface area contributed by atoms with Crippen molar-refractivity contribution >= 4 is 11.9 Å². The SMILES string of the molecule is C[C@@H]1OC(=O)N2C[C@@H]3CC(=O)[C@@H]2[C@H]1C3. The number of carbonyl (C=O) groups is 2. The second-order valence-corrected chi connectivity index (χ2v) is 4.62. The molecule has 4 nitrogen and oxygen atoms in total. The summed E-state index contributed by atoms with van der Waals surface area (Å²) in [6.45, 7) is 2.62. The van der Waals surface area contributed by atoms with E-state index in [2.05, 4.69) is 0 Å². The number of hydrogen-bond donors (Lipinski definition) is 0. The fraction of sp³-hybridized carbons (Fsp3) is 0.800. The van der Waals surface area contributed by atoms with Gasteiger partial charge in [0.2, 0.25) is 0 Å². The van der Waals surface area contributed by atoms with Crippen LogP contribution in [0.5, 0.6) is 0 Å².